The van der Waals surface area contributed by atoms with E-state index in [2.05, 4.69) is 5.32 Å². The molecule has 0 aliphatic heterocycles. The van der Waals surface area contributed by atoms with Crippen LogP contribution in [-0.2, 0) is 19.4 Å². The van der Waals surface area contributed by atoms with Gasteiger partial charge in [0.1, 0.15) is 11.3 Å². The summed E-state index contributed by atoms with van der Waals surface area (Å²) < 4.78 is 22.6. The van der Waals surface area contributed by atoms with Crippen molar-refractivity contribution in [3.05, 3.63) is 0 Å². The Morgan fingerprint density at radius 2 is 1.78 bits per heavy atom. The van der Waals surface area contributed by atoms with E-state index in [-0.39, 0.29) is 5.75 Å². The number of hydrogen-bond donors (Lipinski definition) is 2. The van der Waals surface area contributed by atoms with E-state index in [1.807, 2.05) is 0 Å². The lowest BCUT2D eigenvalue weighted by atomic mass is 9.81. The maximum absolute atomic E-state index is 11.6. The summed E-state index contributed by atoms with van der Waals surface area (Å²) in [7, 11) is -3.43. The molecule has 0 spiro atoms. The van der Waals surface area contributed by atoms with E-state index in [0.29, 0.717) is 12.8 Å². The van der Waals surface area contributed by atoms with Crippen LogP contribution in [0.5, 0.6) is 0 Å². The quantitative estimate of drug-likeness (QED) is 0.754. The fourth-order valence-electron chi connectivity index (χ4n) is 2.15. The molecule has 0 bridgehead atoms. The van der Waals surface area contributed by atoms with Crippen LogP contribution in [0.15, 0.2) is 0 Å². The molecule has 1 fully saturated rings. The SMILES string of the molecule is CCS(=O)(=O)CC(=O)NC1(C(=O)O)CCCCC1. The number of rotatable bonds is 5. The zero-order valence-corrected chi connectivity index (χ0v) is 11.3. The van der Waals surface area contributed by atoms with Crippen LogP contribution in [0.1, 0.15) is 39.0 Å². The molecule has 1 aliphatic carbocycles. The number of nitrogens with one attached hydrogen (secondary N) is 1. The molecule has 104 valence electrons. The third kappa shape index (κ3) is 3.69. The summed E-state index contributed by atoms with van der Waals surface area (Å²) in [5.74, 6) is -2.57. The van der Waals surface area contributed by atoms with Crippen molar-refractivity contribution in [2.24, 2.45) is 0 Å². The summed E-state index contributed by atoms with van der Waals surface area (Å²) in [6.45, 7) is 1.45. The Balaban J connectivity index is 2.73. The van der Waals surface area contributed by atoms with Crippen LogP contribution >= 0.6 is 0 Å². The van der Waals surface area contributed by atoms with Crippen molar-refractivity contribution >= 4 is 21.7 Å². The highest BCUT2D eigenvalue weighted by molar-refractivity contribution is 7.92. The van der Waals surface area contributed by atoms with Crippen LogP contribution in [0.4, 0.5) is 0 Å². The van der Waals surface area contributed by atoms with Gasteiger partial charge in [-0.2, -0.15) is 0 Å². The van der Waals surface area contributed by atoms with Gasteiger partial charge < -0.3 is 10.4 Å². The van der Waals surface area contributed by atoms with Gasteiger partial charge in [0.15, 0.2) is 9.84 Å². The number of carbonyl (C=O) groups excluding carboxylic acids is 1. The summed E-state index contributed by atoms with van der Waals surface area (Å²) in [5, 5.41) is 11.6. The van der Waals surface area contributed by atoms with E-state index in [4.69, 9.17) is 0 Å². The molecule has 0 radical (unpaired) electrons. The highest BCUT2D eigenvalue weighted by Gasteiger charge is 2.41. The molecule has 0 saturated heterocycles. The predicted molar refractivity (Wildman–Crippen MR) is 65.9 cm³/mol. The third-order valence-corrected chi connectivity index (χ3v) is 4.87. The van der Waals surface area contributed by atoms with Gasteiger partial charge in [0, 0.05) is 5.75 Å². The Hall–Kier alpha value is -1.11. The lowest BCUT2D eigenvalue weighted by Gasteiger charge is -2.33. The first kappa shape index (κ1) is 14.9. The zero-order valence-electron chi connectivity index (χ0n) is 10.4. The van der Waals surface area contributed by atoms with Crippen LogP contribution in [0, 0.1) is 0 Å². The van der Waals surface area contributed by atoms with Gasteiger partial charge in [0.05, 0.1) is 0 Å². The summed E-state index contributed by atoms with van der Waals surface area (Å²) in [4.78, 5) is 22.9. The van der Waals surface area contributed by atoms with Gasteiger partial charge in [-0.25, -0.2) is 13.2 Å². The van der Waals surface area contributed by atoms with Crippen molar-refractivity contribution in [1.29, 1.82) is 0 Å². The summed E-state index contributed by atoms with van der Waals surface area (Å²) >= 11 is 0. The molecule has 0 aromatic heterocycles. The molecule has 0 aromatic carbocycles. The maximum Gasteiger partial charge on any atom is 0.329 e. The average Bonchev–Trinajstić information content (AvgIpc) is 2.29. The van der Waals surface area contributed by atoms with Gasteiger partial charge in [-0.3, -0.25) is 4.79 Å². The number of sulfone groups is 1. The minimum Gasteiger partial charge on any atom is -0.480 e. The topological polar surface area (TPSA) is 101 Å². The van der Waals surface area contributed by atoms with Gasteiger partial charge in [0.25, 0.3) is 0 Å². The fourth-order valence-corrected chi connectivity index (χ4v) is 2.83. The normalized spacial score (nSPS) is 19.2. The third-order valence-electron chi connectivity index (χ3n) is 3.29. The monoisotopic (exact) mass is 277 g/mol. The van der Waals surface area contributed by atoms with Crippen LogP contribution in [-0.4, -0.2) is 42.4 Å². The number of carbonyl (C=O) groups is 2. The van der Waals surface area contributed by atoms with Gasteiger partial charge in [-0.1, -0.05) is 26.2 Å². The highest BCUT2D eigenvalue weighted by Crippen LogP contribution is 2.28. The second kappa shape index (κ2) is 5.69. The predicted octanol–water partition coefficient (Wildman–Crippen LogP) is 0.325. The minimum absolute atomic E-state index is 0.125. The van der Waals surface area contributed by atoms with Crippen LogP contribution < -0.4 is 5.32 Å². The van der Waals surface area contributed by atoms with Crippen molar-refractivity contribution in [3.63, 3.8) is 0 Å². The largest absolute Gasteiger partial charge is 0.480 e. The standard InChI is InChI=1S/C11H19NO5S/c1-2-18(16,17)8-9(13)12-11(10(14)15)6-4-3-5-7-11/h2-8H2,1H3,(H,12,13)(H,14,15). The first-order valence-corrected chi connectivity index (χ1v) is 7.88. The molecule has 7 heteroatoms. The van der Waals surface area contributed by atoms with Crippen molar-refractivity contribution in [2.45, 2.75) is 44.6 Å². The number of aliphatic carboxylic acids is 1. The van der Waals surface area contributed by atoms with E-state index in [1.165, 1.54) is 6.92 Å². The molecule has 0 aromatic rings. The van der Waals surface area contributed by atoms with Crippen LogP contribution in [0.25, 0.3) is 0 Å². The first-order valence-electron chi connectivity index (χ1n) is 6.06. The van der Waals surface area contributed by atoms with E-state index >= 15 is 0 Å². The van der Waals surface area contributed by atoms with E-state index in [9.17, 15) is 23.1 Å². The number of carboxylic acid groups (broad SMARTS) is 1. The molecular formula is C11H19NO5S. The highest BCUT2D eigenvalue weighted by atomic mass is 32.2. The maximum atomic E-state index is 11.6. The molecule has 1 amide bonds. The second-order valence-corrected chi connectivity index (χ2v) is 7.03. The summed E-state index contributed by atoms with van der Waals surface area (Å²) in [6.07, 6.45) is 3.12. The smallest absolute Gasteiger partial charge is 0.329 e. The van der Waals surface area contributed by atoms with E-state index in [0.717, 1.165) is 19.3 Å². The van der Waals surface area contributed by atoms with Crippen molar-refractivity contribution in [2.75, 3.05) is 11.5 Å². The Bertz CT molecular complexity index is 423. The van der Waals surface area contributed by atoms with Gasteiger partial charge in [-0.15, -0.1) is 0 Å². The number of amides is 1. The van der Waals surface area contributed by atoms with Crippen LogP contribution in [0.2, 0.25) is 0 Å². The van der Waals surface area contributed by atoms with Crippen molar-refractivity contribution in [3.8, 4) is 0 Å². The molecule has 1 saturated carbocycles. The molecule has 2 N–H and O–H groups in total. The van der Waals surface area contributed by atoms with Crippen molar-refractivity contribution in [1.82, 2.24) is 5.32 Å². The second-order valence-electron chi connectivity index (χ2n) is 4.67. The van der Waals surface area contributed by atoms with Crippen molar-refractivity contribution < 1.29 is 23.1 Å². The molecule has 0 heterocycles. The Labute approximate surface area is 107 Å². The van der Waals surface area contributed by atoms with Crippen LogP contribution in [0.3, 0.4) is 0 Å². The van der Waals surface area contributed by atoms with Gasteiger partial charge >= 0.3 is 5.97 Å². The molecule has 0 atom stereocenters. The van der Waals surface area contributed by atoms with E-state index < -0.39 is 33.0 Å². The average molecular weight is 277 g/mol. The van der Waals surface area contributed by atoms with Gasteiger partial charge in [-0.05, 0) is 12.8 Å². The first-order chi connectivity index (χ1) is 8.31. The fraction of sp³-hybridized carbons (Fsp3) is 0.818. The minimum atomic E-state index is -3.43. The Morgan fingerprint density at radius 1 is 1.22 bits per heavy atom. The Kier molecular flexibility index (Phi) is 4.72. The lowest BCUT2D eigenvalue weighted by molar-refractivity contribution is -0.148. The zero-order chi connectivity index (χ0) is 13.8. The Morgan fingerprint density at radius 3 is 2.22 bits per heavy atom. The number of hydrogen-bond acceptors (Lipinski definition) is 4. The molecule has 6 nitrogen and oxygen atoms in total. The molecule has 18 heavy (non-hydrogen) atoms. The summed E-state index contributed by atoms with van der Waals surface area (Å²) in [6, 6.07) is 0. The lowest BCUT2D eigenvalue weighted by Crippen LogP contribution is -2.56. The molecule has 0 unspecified atom stereocenters. The molecular weight excluding hydrogens is 258 g/mol. The molecule has 1 aliphatic rings. The molecule has 1 rings (SSSR count). The number of carboxylic acids is 1. The summed E-state index contributed by atoms with van der Waals surface area (Å²) in [5.41, 5.74) is -1.28. The van der Waals surface area contributed by atoms with E-state index in [1.54, 1.807) is 0 Å². The van der Waals surface area contributed by atoms with Gasteiger partial charge in [0.2, 0.25) is 5.91 Å².